The Morgan fingerprint density at radius 2 is 2.00 bits per heavy atom. The molecular weight excluding hydrogens is 294 g/mol. The van der Waals surface area contributed by atoms with Gasteiger partial charge in [-0.25, -0.2) is 8.78 Å². The van der Waals surface area contributed by atoms with Crippen molar-refractivity contribution in [2.24, 2.45) is 5.92 Å². The van der Waals surface area contributed by atoms with Crippen LogP contribution in [0.5, 0.6) is 0 Å². The third-order valence-electron chi connectivity index (χ3n) is 3.77. The number of rotatable bonds is 5. The highest BCUT2D eigenvalue weighted by molar-refractivity contribution is 5.96. The van der Waals surface area contributed by atoms with Gasteiger partial charge in [-0.1, -0.05) is 6.42 Å². The third-order valence-corrected chi connectivity index (χ3v) is 3.77. The van der Waals surface area contributed by atoms with E-state index in [0.717, 1.165) is 31.4 Å². The molecule has 1 aromatic rings. The minimum Gasteiger partial charge on any atom is -0.393 e. The summed E-state index contributed by atoms with van der Waals surface area (Å²) >= 11 is 0. The van der Waals surface area contributed by atoms with Crippen molar-refractivity contribution in [3.05, 3.63) is 35.4 Å². The predicted molar refractivity (Wildman–Crippen MR) is 75.0 cm³/mol. The molecule has 7 heteroatoms. The number of hydrogen-bond acceptors (Lipinski definition) is 3. The lowest BCUT2D eigenvalue weighted by Gasteiger charge is -2.15. The predicted octanol–water partition coefficient (Wildman–Crippen LogP) is 0.972. The van der Waals surface area contributed by atoms with Gasteiger partial charge in [0.2, 0.25) is 5.91 Å². The molecule has 120 valence electrons. The number of aliphatic hydroxyl groups excluding tert-OH is 1. The lowest BCUT2D eigenvalue weighted by Crippen LogP contribution is -2.40. The maximum Gasteiger partial charge on any atom is 0.254 e. The summed E-state index contributed by atoms with van der Waals surface area (Å²) in [5.74, 6) is -2.92. The molecule has 0 radical (unpaired) electrons. The highest BCUT2D eigenvalue weighted by Crippen LogP contribution is 2.24. The van der Waals surface area contributed by atoms with Gasteiger partial charge >= 0.3 is 0 Å². The van der Waals surface area contributed by atoms with Crippen LogP contribution in [0.3, 0.4) is 0 Å². The lowest BCUT2D eigenvalue weighted by molar-refractivity contribution is -0.120. The van der Waals surface area contributed by atoms with Crippen molar-refractivity contribution in [3.63, 3.8) is 0 Å². The molecule has 1 fully saturated rings. The summed E-state index contributed by atoms with van der Waals surface area (Å²) in [6.45, 7) is 0.0409. The van der Waals surface area contributed by atoms with Crippen molar-refractivity contribution in [2.45, 2.75) is 25.4 Å². The maximum atomic E-state index is 13.4. The smallest absolute Gasteiger partial charge is 0.254 e. The normalized spacial score (nSPS) is 20.7. The Bertz CT molecular complexity index is 566. The number of carbonyl (C=O) groups excluding carboxylic acids is 2. The van der Waals surface area contributed by atoms with Gasteiger partial charge < -0.3 is 15.7 Å². The van der Waals surface area contributed by atoms with E-state index in [1.807, 2.05) is 0 Å². The Hall–Kier alpha value is -2.02. The first-order valence-corrected chi connectivity index (χ1v) is 7.15. The van der Waals surface area contributed by atoms with Crippen LogP contribution in [0.4, 0.5) is 8.78 Å². The summed E-state index contributed by atoms with van der Waals surface area (Å²) in [6, 6.07) is 2.60. The summed E-state index contributed by atoms with van der Waals surface area (Å²) < 4.78 is 26.1. The van der Waals surface area contributed by atoms with Crippen molar-refractivity contribution in [3.8, 4) is 0 Å². The zero-order chi connectivity index (χ0) is 16.1. The van der Waals surface area contributed by atoms with Crippen molar-refractivity contribution < 1.29 is 23.5 Å². The second kappa shape index (κ2) is 7.31. The van der Waals surface area contributed by atoms with Crippen molar-refractivity contribution in [1.29, 1.82) is 0 Å². The van der Waals surface area contributed by atoms with E-state index in [1.54, 1.807) is 0 Å². The van der Waals surface area contributed by atoms with Gasteiger partial charge in [0.1, 0.15) is 11.6 Å². The first-order chi connectivity index (χ1) is 10.5. The van der Waals surface area contributed by atoms with Crippen molar-refractivity contribution >= 4 is 11.8 Å². The van der Waals surface area contributed by atoms with Gasteiger partial charge in [-0.3, -0.25) is 9.59 Å². The van der Waals surface area contributed by atoms with Crippen LogP contribution in [0.15, 0.2) is 18.2 Å². The minimum atomic E-state index is -0.980. The highest BCUT2D eigenvalue weighted by Gasteiger charge is 2.25. The quantitative estimate of drug-likeness (QED) is 0.758. The van der Waals surface area contributed by atoms with Gasteiger partial charge in [0, 0.05) is 18.5 Å². The number of hydrogen-bond donors (Lipinski definition) is 3. The molecule has 0 aliphatic heterocycles. The van der Waals surface area contributed by atoms with Gasteiger partial charge in [0.15, 0.2) is 0 Å². The van der Waals surface area contributed by atoms with Crippen LogP contribution in [0.2, 0.25) is 0 Å². The highest BCUT2D eigenvalue weighted by atomic mass is 19.1. The molecule has 2 unspecified atom stereocenters. The molecule has 0 bridgehead atoms. The monoisotopic (exact) mass is 312 g/mol. The summed E-state index contributed by atoms with van der Waals surface area (Å²) in [5, 5.41) is 14.5. The number of carbonyl (C=O) groups is 2. The second-order valence-corrected chi connectivity index (χ2v) is 5.37. The van der Waals surface area contributed by atoms with E-state index in [-0.39, 0.29) is 18.0 Å². The minimum absolute atomic E-state index is 0.0363. The first kappa shape index (κ1) is 16.4. The topological polar surface area (TPSA) is 78.4 Å². The van der Waals surface area contributed by atoms with Gasteiger partial charge in [0.05, 0.1) is 18.2 Å². The average molecular weight is 312 g/mol. The van der Waals surface area contributed by atoms with Gasteiger partial charge in [-0.15, -0.1) is 0 Å². The molecule has 0 spiro atoms. The largest absolute Gasteiger partial charge is 0.393 e. The lowest BCUT2D eigenvalue weighted by atomic mass is 10.1. The maximum absolute atomic E-state index is 13.4. The number of benzene rings is 1. The van der Waals surface area contributed by atoms with E-state index in [2.05, 4.69) is 10.6 Å². The molecule has 1 aromatic carbocycles. The second-order valence-electron chi connectivity index (χ2n) is 5.37. The standard InChI is InChI=1S/C15H18F2N2O3/c16-10-4-5-11(12(17)6-10)15(22)19-8-14(21)18-7-9-2-1-3-13(9)20/h4-6,9,13,20H,1-3,7-8H2,(H,18,21)(H,19,22). The van der Waals surface area contributed by atoms with Crippen molar-refractivity contribution in [2.75, 3.05) is 13.1 Å². The number of aliphatic hydroxyl groups is 1. The molecule has 2 atom stereocenters. The van der Waals surface area contributed by atoms with Crippen LogP contribution in [-0.2, 0) is 4.79 Å². The van der Waals surface area contributed by atoms with Gasteiger partial charge in [-0.2, -0.15) is 0 Å². The van der Waals surface area contributed by atoms with E-state index >= 15 is 0 Å². The Balaban J connectivity index is 1.77. The summed E-state index contributed by atoms with van der Waals surface area (Å²) in [6.07, 6.45) is 2.13. The third kappa shape index (κ3) is 4.24. The van der Waals surface area contributed by atoms with E-state index in [4.69, 9.17) is 0 Å². The molecule has 0 saturated heterocycles. The van der Waals surface area contributed by atoms with E-state index in [9.17, 15) is 23.5 Å². The van der Waals surface area contributed by atoms with Crippen LogP contribution in [0, 0.1) is 17.6 Å². The van der Waals surface area contributed by atoms with E-state index in [0.29, 0.717) is 12.6 Å². The van der Waals surface area contributed by atoms with E-state index < -0.39 is 29.6 Å². The zero-order valence-electron chi connectivity index (χ0n) is 11.9. The number of amides is 2. The fraction of sp³-hybridized carbons (Fsp3) is 0.467. The van der Waals surface area contributed by atoms with Gasteiger partial charge in [0.25, 0.3) is 5.91 Å². The van der Waals surface area contributed by atoms with Crippen molar-refractivity contribution in [1.82, 2.24) is 10.6 Å². The average Bonchev–Trinajstić information content (AvgIpc) is 2.88. The van der Waals surface area contributed by atoms with Crippen LogP contribution in [0.1, 0.15) is 29.6 Å². The molecule has 5 nitrogen and oxygen atoms in total. The van der Waals surface area contributed by atoms with Gasteiger partial charge in [-0.05, 0) is 25.0 Å². The molecule has 2 amide bonds. The zero-order valence-corrected chi connectivity index (χ0v) is 11.9. The molecular formula is C15H18F2N2O3. The molecule has 0 heterocycles. The van der Waals surface area contributed by atoms with Crippen LogP contribution < -0.4 is 10.6 Å². The van der Waals surface area contributed by atoms with Crippen LogP contribution in [0.25, 0.3) is 0 Å². The molecule has 0 aromatic heterocycles. The Labute approximate surface area is 126 Å². The Morgan fingerprint density at radius 3 is 2.64 bits per heavy atom. The summed E-state index contributed by atoms with van der Waals surface area (Å²) in [5.41, 5.74) is -0.319. The molecule has 1 aliphatic rings. The molecule has 3 N–H and O–H groups in total. The molecule has 1 aliphatic carbocycles. The fourth-order valence-electron chi connectivity index (χ4n) is 2.49. The Kier molecular flexibility index (Phi) is 5.43. The fourth-order valence-corrected chi connectivity index (χ4v) is 2.49. The molecule has 1 saturated carbocycles. The Morgan fingerprint density at radius 1 is 1.23 bits per heavy atom. The van der Waals surface area contributed by atoms with E-state index in [1.165, 1.54) is 0 Å². The summed E-state index contributed by atoms with van der Waals surface area (Å²) in [4.78, 5) is 23.3. The molecule has 2 rings (SSSR count). The molecule has 22 heavy (non-hydrogen) atoms. The number of halogens is 2. The number of nitrogens with one attached hydrogen (secondary N) is 2. The SMILES string of the molecule is O=C(CNC(=O)c1ccc(F)cc1F)NCC1CCCC1O. The summed E-state index contributed by atoms with van der Waals surface area (Å²) in [7, 11) is 0. The van der Waals surface area contributed by atoms with Crippen LogP contribution >= 0.6 is 0 Å². The first-order valence-electron chi connectivity index (χ1n) is 7.15. The van der Waals surface area contributed by atoms with Crippen LogP contribution in [-0.4, -0.2) is 36.1 Å².